The lowest BCUT2D eigenvalue weighted by molar-refractivity contribution is -0.144. The number of carbonyl (C=O) groups is 1. The maximum absolute atomic E-state index is 12.7. The Labute approximate surface area is 150 Å². The first-order valence-electron chi connectivity index (χ1n) is 8.96. The van der Waals surface area contributed by atoms with E-state index in [2.05, 4.69) is 23.9 Å². The fourth-order valence-corrected chi connectivity index (χ4v) is 4.04. The third kappa shape index (κ3) is 3.66. The standard InChI is InChI=1S/C19H29N3O3/c1-20-12-13-21(2)19(14-20)8-10-22(11-9-19)18(24)17(23)15-4-6-16(25-3)7-5-15/h4-7,17,23H,8-14H2,1-3H3/t17-/m0/s1. The maximum atomic E-state index is 12.7. The Morgan fingerprint density at radius 2 is 1.76 bits per heavy atom. The highest BCUT2D eigenvalue weighted by Gasteiger charge is 2.42. The lowest BCUT2D eigenvalue weighted by Gasteiger charge is -2.52. The quantitative estimate of drug-likeness (QED) is 0.883. The summed E-state index contributed by atoms with van der Waals surface area (Å²) in [6.45, 7) is 4.61. The van der Waals surface area contributed by atoms with Gasteiger partial charge in [0.2, 0.25) is 0 Å². The maximum Gasteiger partial charge on any atom is 0.256 e. The van der Waals surface area contributed by atoms with Crippen LogP contribution in [0.3, 0.4) is 0 Å². The Balaban J connectivity index is 1.62. The van der Waals surface area contributed by atoms with Crippen LogP contribution < -0.4 is 4.74 Å². The van der Waals surface area contributed by atoms with Gasteiger partial charge in [-0.25, -0.2) is 0 Å². The number of likely N-dealkylation sites (N-methyl/N-ethyl adjacent to an activating group) is 2. The van der Waals surface area contributed by atoms with Gasteiger partial charge in [0.05, 0.1) is 7.11 Å². The van der Waals surface area contributed by atoms with E-state index in [-0.39, 0.29) is 11.4 Å². The SMILES string of the molecule is COc1ccc([C@H](O)C(=O)N2CCC3(CC2)CN(C)CCN3C)cc1. The van der Waals surface area contributed by atoms with Crippen LogP contribution in [-0.4, -0.2) is 85.2 Å². The van der Waals surface area contributed by atoms with Gasteiger partial charge in [-0.1, -0.05) is 12.1 Å². The first-order valence-corrected chi connectivity index (χ1v) is 8.96. The third-order valence-electron chi connectivity index (χ3n) is 5.86. The van der Waals surface area contributed by atoms with Crippen LogP contribution in [0.15, 0.2) is 24.3 Å². The molecule has 0 unspecified atom stereocenters. The summed E-state index contributed by atoms with van der Waals surface area (Å²) in [6.07, 6.45) is 0.802. The molecule has 1 aromatic rings. The smallest absolute Gasteiger partial charge is 0.256 e. The summed E-state index contributed by atoms with van der Waals surface area (Å²) in [5, 5.41) is 10.5. The van der Waals surface area contributed by atoms with Crippen molar-refractivity contribution in [2.45, 2.75) is 24.5 Å². The fraction of sp³-hybridized carbons (Fsp3) is 0.632. The Bertz CT molecular complexity index is 596. The van der Waals surface area contributed by atoms with Gasteiger partial charge in [0.25, 0.3) is 5.91 Å². The third-order valence-corrected chi connectivity index (χ3v) is 5.86. The zero-order valence-electron chi connectivity index (χ0n) is 15.4. The van der Waals surface area contributed by atoms with Crippen molar-refractivity contribution in [3.8, 4) is 5.75 Å². The molecule has 2 saturated heterocycles. The minimum Gasteiger partial charge on any atom is -0.497 e. The highest BCUT2D eigenvalue weighted by atomic mass is 16.5. The number of rotatable bonds is 3. The number of aliphatic hydroxyl groups is 1. The van der Waals surface area contributed by atoms with Crippen molar-refractivity contribution in [2.24, 2.45) is 0 Å². The summed E-state index contributed by atoms with van der Waals surface area (Å²) < 4.78 is 5.12. The van der Waals surface area contributed by atoms with E-state index < -0.39 is 6.10 Å². The molecule has 6 nitrogen and oxygen atoms in total. The number of nitrogens with zero attached hydrogens (tertiary/aromatic N) is 3. The first-order chi connectivity index (χ1) is 11.9. The number of piperidine rings is 1. The van der Waals surface area contributed by atoms with E-state index in [9.17, 15) is 9.90 Å². The van der Waals surface area contributed by atoms with E-state index in [0.717, 1.165) is 32.5 Å². The molecule has 1 aromatic carbocycles. The Morgan fingerprint density at radius 3 is 2.36 bits per heavy atom. The van der Waals surface area contributed by atoms with Gasteiger partial charge in [-0.15, -0.1) is 0 Å². The highest BCUT2D eigenvalue weighted by molar-refractivity contribution is 5.82. The predicted molar refractivity (Wildman–Crippen MR) is 96.6 cm³/mol. The van der Waals surface area contributed by atoms with E-state index in [4.69, 9.17) is 4.74 Å². The number of piperazine rings is 1. The van der Waals surface area contributed by atoms with Crippen LogP contribution in [0.1, 0.15) is 24.5 Å². The molecular formula is C19H29N3O3. The van der Waals surface area contributed by atoms with Gasteiger partial charge in [-0.05, 0) is 44.6 Å². The zero-order valence-corrected chi connectivity index (χ0v) is 15.4. The minimum atomic E-state index is -1.10. The normalized spacial score (nSPS) is 22.8. The number of amides is 1. The number of hydrogen-bond donors (Lipinski definition) is 1. The predicted octanol–water partition coefficient (Wildman–Crippen LogP) is 0.967. The molecule has 138 valence electrons. The van der Waals surface area contributed by atoms with Crippen LogP contribution in [0, 0.1) is 0 Å². The van der Waals surface area contributed by atoms with Crippen molar-refractivity contribution in [3.05, 3.63) is 29.8 Å². The Hall–Kier alpha value is -1.63. The molecule has 3 rings (SSSR count). The van der Waals surface area contributed by atoms with Crippen LogP contribution in [-0.2, 0) is 4.79 Å². The number of hydrogen-bond acceptors (Lipinski definition) is 5. The molecule has 2 aliphatic rings. The molecule has 0 aromatic heterocycles. The van der Waals surface area contributed by atoms with Crippen molar-refractivity contribution >= 4 is 5.91 Å². The summed E-state index contributed by atoms with van der Waals surface area (Å²) in [4.78, 5) is 19.3. The number of carbonyl (C=O) groups excluding carboxylic acids is 1. The first kappa shape index (κ1) is 18.2. The molecule has 0 aliphatic carbocycles. The monoisotopic (exact) mass is 347 g/mol. The van der Waals surface area contributed by atoms with E-state index in [0.29, 0.717) is 24.4 Å². The average Bonchev–Trinajstić information content (AvgIpc) is 2.64. The summed E-state index contributed by atoms with van der Waals surface area (Å²) in [7, 11) is 5.95. The fourth-order valence-electron chi connectivity index (χ4n) is 4.04. The Kier molecular flexibility index (Phi) is 5.32. The lowest BCUT2D eigenvalue weighted by Crippen LogP contribution is -2.64. The average molecular weight is 347 g/mol. The molecule has 1 atom stereocenters. The van der Waals surface area contributed by atoms with Crippen molar-refractivity contribution in [3.63, 3.8) is 0 Å². The molecule has 2 aliphatic heterocycles. The number of aliphatic hydroxyl groups excluding tert-OH is 1. The van der Waals surface area contributed by atoms with Crippen LogP contribution in [0.5, 0.6) is 5.75 Å². The number of ether oxygens (including phenoxy) is 1. The van der Waals surface area contributed by atoms with E-state index in [1.54, 1.807) is 31.4 Å². The molecule has 2 fully saturated rings. The molecule has 1 N–H and O–H groups in total. The molecule has 0 radical (unpaired) electrons. The second kappa shape index (κ2) is 7.32. The topological polar surface area (TPSA) is 56.3 Å². The van der Waals surface area contributed by atoms with E-state index in [1.807, 2.05) is 4.90 Å². The Morgan fingerprint density at radius 1 is 1.12 bits per heavy atom. The van der Waals surface area contributed by atoms with Gasteiger partial charge in [0.1, 0.15) is 5.75 Å². The van der Waals surface area contributed by atoms with Gasteiger partial charge in [0, 0.05) is 38.3 Å². The molecule has 1 spiro atoms. The van der Waals surface area contributed by atoms with E-state index in [1.165, 1.54) is 0 Å². The summed E-state index contributed by atoms with van der Waals surface area (Å²) in [5.74, 6) is 0.514. The largest absolute Gasteiger partial charge is 0.497 e. The second-order valence-corrected chi connectivity index (χ2v) is 7.38. The van der Waals surface area contributed by atoms with Crippen molar-refractivity contribution in [2.75, 3.05) is 53.9 Å². The van der Waals surface area contributed by atoms with Crippen LogP contribution >= 0.6 is 0 Å². The van der Waals surface area contributed by atoms with Gasteiger partial charge in [0.15, 0.2) is 6.10 Å². The van der Waals surface area contributed by atoms with Crippen molar-refractivity contribution in [1.29, 1.82) is 0 Å². The van der Waals surface area contributed by atoms with Crippen LogP contribution in [0.2, 0.25) is 0 Å². The summed E-state index contributed by atoms with van der Waals surface area (Å²) in [6, 6.07) is 7.03. The molecular weight excluding hydrogens is 318 g/mol. The molecule has 25 heavy (non-hydrogen) atoms. The number of likely N-dealkylation sites (tertiary alicyclic amines) is 1. The van der Waals surface area contributed by atoms with Crippen LogP contribution in [0.25, 0.3) is 0 Å². The van der Waals surface area contributed by atoms with E-state index >= 15 is 0 Å². The molecule has 0 saturated carbocycles. The molecule has 2 heterocycles. The molecule has 1 amide bonds. The zero-order chi connectivity index (χ0) is 18.0. The minimum absolute atomic E-state index is 0.162. The van der Waals surface area contributed by atoms with Crippen LogP contribution in [0.4, 0.5) is 0 Å². The van der Waals surface area contributed by atoms with Crippen molar-refractivity contribution in [1.82, 2.24) is 14.7 Å². The van der Waals surface area contributed by atoms with Gasteiger partial charge in [-0.2, -0.15) is 0 Å². The van der Waals surface area contributed by atoms with Crippen molar-refractivity contribution < 1.29 is 14.6 Å². The highest BCUT2D eigenvalue weighted by Crippen LogP contribution is 2.32. The van der Waals surface area contributed by atoms with Gasteiger partial charge < -0.3 is 19.6 Å². The van der Waals surface area contributed by atoms with Gasteiger partial charge in [-0.3, -0.25) is 9.69 Å². The van der Waals surface area contributed by atoms with Gasteiger partial charge >= 0.3 is 0 Å². The second-order valence-electron chi connectivity index (χ2n) is 7.38. The molecule has 6 heteroatoms. The number of benzene rings is 1. The summed E-state index contributed by atoms with van der Waals surface area (Å²) >= 11 is 0. The number of methoxy groups -OCH3 is 1. The lowest BCUT2D eigenvalue weighted by atomic mass is 9.83. The summed E-state index contributed by atoms with van der Waals surface area (Å²) in [5.41, 5.74) is 0.773. The molecule has 0 bridgehead atoms.